The Bertz CT molecular complexity index is 236. The minimum absolute atomic E-state index is 0. The van der Waals surface area contributed by atoms with Gasteiger partial charge >= 0.3 is 0 Å². The first-order valence-corrected chi connectivity index (χ1v) is 3.95. The number of nitro groups is 1. The van der Waals surface area contributed by atoms with Crippen LogP contribution >= 0.6 is 42.4 Å². The summed E-state index contributed by atoms with van der Waals surface area (Å²) in [5, 5.41) is 9.97. The maximum Gasteiger partial charge on any atom is 0.287 e. The predicted molar refractivity (Wildman–Crippen MR) is 60.9 cm³/mol. The van der Waals surface area contributed by atoms with Gasteiger partial charge in [-0.15, -0.1) is 0 Å². The molecule has 1 heterocycles. The molecule has 0 aliphatic carbocycles. The number of aromatic nitrogens is 1. The van der Waals surface area contributed by atoms with Crippen molar-refractivity contribution in [3.05, 3.63) is 34.6 Å². The van der Waals surface area contributed by atoms with Crippen molar-refractivity contribution in [2.24, 2.45) is 0 Å². The molecule has 5 nitrogen and oxygen atoms in total. The zero-order chi connectivity index (χ0) is 9.40. The first kappa shape index (κ1) is 15.4. The molecule has 0 fully saturated rings. The molecule has 1 rings (SSSR count). The fraction of sp³-hybridized carbons (Fsp3) is 0. The molecule has 1 atom stereocenters. The summed E-state index contributed by atoms with van der Waals surface area (Å²) in [6.45, 7) is 0. The Kier molecular flexibility index (Phi) is 11.8. The average molecular weight is 334 g/mol. The molecule has 0 radical (unpaired) electrons. The van der Waals surface area contributed by atoms with E-state index in [0.717, 1.165) is 0 Å². The summed E-state index contributed by atoms with van der Waals surface area (Å²) < 4.78 is 3.88. The van der Waals surface area contributed by atoms with Crippen LogP contribution in [0.15, 0.2) is 24.5 Å². The monoisotopic (exact) mass is 332 g/mol. The highest BCUT2D eigenvalue weighted by Gasteiger charge is 1.99. The Morgan fingerprint density at radius 2 is 2.08 bits per heavy atom. The van der Waals surface area contributed by atoms with Crippen LogP contribution in [0.25, 0.3) is 0 Å². The van der Waals surface area contributed by atoms with Gasteiger partial charge in [-0.05, 0) is 6.07 Å². The van der Waals surface area contributed by atoms with Crippen LogP contribution in [0.1, 0.15) is 0 Å². The SMILES string of the molecule is BrOBr.O=[N+]([O-])c1cccnc1.P. The molecule has 1 aromatic rings. The van der Waals surface area contributed by atoms with Gasteiger partial charge < -0.3 is 0 Å². The van der Waals surface area contributed by atoms with Gasteiger partial charge in [0.1, 0.15) is 38.7 Å². The lowest BCUT2D eigenvalue weighted by molar-refractivity contribution is -0.385. The summed E-state index contributed by atoms with van der Waals surface area (Å²) in [7, 11) is 0. The van der Waals surface area contributed by atoms with E-state index in [1.54, 1.807) is 0 Å². The summed E-state index contributed by atoms with van der Waals surface area (Å²) in [5.41, 5.74) is 0.0255. The standard InChI is InChI=1S/C5H4N2O2.Br2O.H3P/c8-7(9)5-2-1-3-6-4-5;1-3-2;/h1-4H;;1H3. The molecule has 0 amide bonds. The molecule has 1 unspecified atom stereocenters. The number of hydrogen-bond acceptors (Lipinski definition) is 4. The number of hydrogen-bond donors (Lipinski definition) is 0. The number of nitrogens with zero attached hydrogens (tertiary/aromatic N) is 2. The number of halogens is 2. The third-order valence-electron chi connectivity index (χ3n) is 0.857. The van der Waals surface area contributed by atoms with Gasteiger partial charge in [-0.1, -0.05) is 0 Å². The van der Waals surface area contributed by atoms with Crippen LogP contribution in [0.2, 0.25) is 0 Å². The lowest BCUT2D eigenvalue weighted by Gasteiger charge is -1.84. The molecular weight excluding hydrogens is 327 g/mol. The maximum absolute atomic E-state index is 9.97. The zero-order valence-corrected chi connectivity index (χ0v) is 11.0. The van der Waals surface area contributed by atoms with Crippen LogP contribution in [0.4, 0.5) is 5.69 Å². The molecule has 0 saturated heterocycles. The first-order valence-electron chi connectivity index (χ1n) is 2.66. The average Bonchev–Trinajstić information content (AvgIpc) is 2.07. The van der Waals surface area contributed by atoms with Crippen molar-refractivity contribution in [2.45, 2.75) is 0 Å². The van der Waals surface area contributed by atoms with Crippen LogP contribution in [-0.2, 0) is 2.92 Å². The van der Waals surface area contributed by atoms with Gasteiger partial charge in [-0.2, -0.15) is 9.90 Å². The van der Waals surface area contributed by atoms with Crippen LogP contribution in [-0.4, -0.2) is 9.91 Å². The highest BCUT2D eigenvalue weighted by Crippen LogP contribution is 2.04. The summed E-state index contributed by atoms with van der Waals surface area (Å²) in [6, 6.07) is 2.92. The van der Waals surface area contributed by atoms with Crippen molar-refractivity contribution in [1.82, 2.24) is 4.98 Å². The molecule has 74 valence electrons. The van der Waals surface area contributed by atoms with Crippen LogP contribution in [0.3, 0.4) is 0 Å². The lowest BCUT2D eigenvalue weighted by atomic mass is 10.4. The smallest absolute Gasteiger partial charge is 0.258 e. The van der Waals surface area contributed by atoms with Crippen LogP contribution in [0, 0.1) is 10.1 Å². The molecule has 8 heteroatoms. The summed E-state index contributed by atoms with van der Waals surface area (Å²) in [5.74, 6) is 0. The van der Waals surface area contributed by atoms with Gasteiger partial charge in [0, 0.05) is 12.3 Å². The maximum atomic E-state index is 9.97. The van der Waals surface area contributed by atoms with Gasteiger partial charge in [-0.25, -0.2) is 2.92 Å². The van der Waals surface area contributed by atoms with E-state index >= 15 is 0 Å². The second-order valence-corrected chi connectivity index (χ2v) is 3.04. The molecule has 0 spiro atoms. The molecule has 1 aromatic heterocycles. The fourth-order valence-electron chi connectivity index (χ4n) is 0.462. The van der Waals surface area contributed by atoms with E-state index < -0.39 is 4.92 Å². The quantitative estimate of drug-likeness (QED) is 0.450. The highest BCUT2D eigenvalue weighted by molar-refractivity contribution is 9.18. The van der Waals surface area contributed by atoms with E-state index in [9.17, 15) is 10.1 Å². The van der Waals surface area contributed by atoms with Crippen molar-refractivity contribution in [3.63, 3.8) is 0 Å². The van der Waals surface area contributed by atoms with Gasteiger partial charge in [-0.3, -0.25) is 15.1 Å². The molecule has 0 saturated carbocycles. The van der Waals surface area contributed by atoms with Crippen LogP contribution in [0.5, 0.6) is 0 Å². The van der Waals surface area contributed by atoms with Gasteiger partial charge in [0.05, 0.1) is 4.92 Å². The third kappa shape index (κ3) is 8.24. The second kappa shape index (κ2) is 9.98. The molecule has 0 N–H and O–H groups in total. The predicted octanol–water partition coefficient (Wildman–Crippen LogP) is 2.67. The Morgan fingerprint density at radius 1 is 1.54 bits per heavy atom. The summed E-state index contributed by atoms with van der Waals surface area (Å²) in [4.78, 5) is 13.1. The molecule has 0 bridgehead atoms. The second-order valence-electron chi connectivity index (χ2n) is 1.53. The first-order chi connectivity index (χ1) is 5.72. The lowest BCUT2D eigenvalue weighted by Crippen LogP contribution is -1.86. The summed E-state index contributed by atoms with van der Waals surface area (Å²) in [6.07, 6.45) is 2.70. The molecule has 13 heavy (non-hydrogen) atoms. The molecular formula is C5H7Br2N2O3P. The highest BCUT2D eigenvalue weighted by atomic mass is 79.9. The van der Waals surface area contributed by atoms with Gasteiger partial charge in [0.15, 0.2) is 0 Å². The Balaban J connectivity index is 0. The van der Waals surface area contributed by atoms with Crippen molar-refractivity contribution in [2.75, 3.05) is 0 Å². The summed E-state index contributed by atoms with van der Waals surface area (Å²) >= 11 is 5.12. The van der Waals surface area contributed by atoms with E-state index in [4.69, 9.17) is 0 Å². The van der Waals surface area contributed by atoms with Crippen molar-refractivity contribution in [3.8, 4) is 0 Å². The van der Waals surface area contributed by atoms with Crippen LogP contribution < -0.4 is 0 Å². The molecule has 0 aliphatic rings. The fourth-order valence-corrected chi connectivity index (χ4v) is 0.462. The van der Waals surface area contributed by atoms with E-state index in [2.05, 4.69) is 40.4 Å². The van der Waals surface area contributed by atoms with E-state index in [-0.39, 0.29) is 15.6 Å². The van der Waals surface area contributed by atoms with Crippen molar-refractivity contribution in [1.29, 1.82) is 0 Å². The number of rotatable bonds is 1. The van der Waals surface area contributed by atoms with Gasteiger partial charge in [0.2, 0.25) is 0 Å². The van der Waals surface area contributed by atoms with Crippen molar-refractivity contribution >= 4 is 48.1 Å². The van der Waals surface area contributed by atoms with Gasteiger partial charge in [0.25, 0.3) is 5.69 Å². The normalized spacial score (nSPS) is 7.54. The topological polar surface area (TPSA) is 65.3 Å². The Labute approximate surface area is 95.6 Å². The third-order valence-corrected chi connectivity index (χ3v) is 0.857. The van der Waals surface area contributed by atoms with Crippen molar-refractivity contribution < 1.29 is 7.84 Å². The zero-order valence-electron chi connectivity index (χ0n) is 6.39. The Hall–Kier alpha value is -0.100. The Morgan fingerprint density at radius 3 is 2.31 bits per heavy atom. The molecule has 0 aromatic carbocycles. The minimum atomic E-state index is -0.479. The van der Waals surface area contributed by atoms with E-state index in [1.165, 1.54) is 24.5 Å². The molecule has 0 aliphatic heterocycles. The number of pyridine rings is 1. The van der Waals surface area contributed by atoms with E-state index in [1.807, 2.05) is 0 Å². The minimum Gasteiger partial charge on any atom is -0.258 e. The largest absolute Gasteiger partial charge is 0.287 e. The van der Waals surface area contributed by atoms with E-state index in [0.29, 0.717) is 0 Å².